The standard InChI is InChI=1S/C11H20N2O4S/c1-2-3-4-12-11-13-6(5-18-11)7(14)8(15)9(16)10(13)17/h6-10,14-17H,2-5H2,1H3/t6-,7+,8+,9-,10-/m1/s1. The van der Waals surface area contributed by atoms with Crippen LogP contribution in [0, 0.1) is 0 Å². The highest BCUT2D eigenvalue weighted by Gasteiger charge is 2.51. The van der Waals surface area contributed by atoms with Gasteiger partial charge in [-0.15, -0.1) is 0 Å². The number of piperidine rings is 1. The molecule has 0 radical (unpaired) electrons. The summed E-state index contributed by atoms with van der Waals surface area (Å²) in [6.07, 6.45) is -2.94. The minimum absolute atomic E-state index is 0.385. The molecule has 0 amide bonds. The number of rotatable bonds is 3. The van der Waals surface area contributed by atoms with Gasteiger partial charge in [0.05, 0.1) is 6.04 Å². The van der Waals surface area contributed by atoms with Crippen LogP contribution >= 0.6 is 11.8 Å². The summed E-state index contributed by atoms with van der Waals surface area (Å²) in [5.74, 6) is 0.562. The summed E-state index contributed by atoms with van der Waals surface area (Å²) in [4.78, 5) is 5.91. The molecule has 0 saturated carbocycles. The van der Waals surface area contributed by atoms with Gasteiger partial charge in [-0.05, 0) is 6.42 Å². The third-order valence-corrected chi connectivity index (χ3v) is 4.51. The molecule has 2 aliphatic heterocycles. The maximum Gasteiger partial charge on any atom is 0.161 e. The van der Waals surface area contributed by atoms with Crippen molar-refractivity contribution in [2.24, 2.45) is 4.99 Å². The van der Waals surface area contributed by atoms with Gasteiger partial charge in [-0.1, -0.05) is 25.1 Å². The summed E-state index contributed by atoms with van der Waals surface area (Å²) in [5.41, 5.74) is 0. The fourth-order valence-electron chi connectivity index (χ4n) is 2.26. The van der Waals surface area contributed by atoms with Crippen LogP contribution in [0.5, 0.6) is 0 Å². The molecule has 0 aliphatic carbocycles. The minimum Gasteiger partial charge on any atom is -0.388 e. The molecule has 18 heavy (non-hydrogen) atoms. The second-order valence-corrected chi connectivity index (χ2v) is 5.68. The molecule has 7 heteroatoms. The fraction of sp³-hybridized carbons (Fsp3) is 0.909. The zero-order chi connectivity index (χ0) is 13.3. The van der Waals surface area contributed by atoms with Crippen LogP contribution in [0.25, 0.3) is 0 Å². The van der Waals surface area contributed by atoms with Crippen molar-refractivity contribution in [1.82, 2.24) is 4.90 Å². The van der Waals surface area contributed by atoms with Crippen LogP contribution in [0.2, 0.25) is 0 Å². The Morgan fingerprint density at radius 1 is 1.22 bits per heavy atom. The number of aliphatic hydroxyl groups excluding tert-OH is 4. The summed E-state index contributed by atoms with van der Waals surface area (Å²) >= 11 is 1.44. The number of unbranched alkanes of at least 4 members (excludes halogenated alkanes) is 1. The van der Waals surface area contributed by atoms with E-state index in [0.717, 1.165) is 12.8 Å². The van der Waals surface area contributed by atoms with E-state index in [1.165, 1.54) is 16.7 Å². The highest BCUT2D eigenvalue weighted by Crippen LogP contribution is 2.34. The van der Waals surface area contributed by atoms with Crippen LogP contribution in [-0.2, 0) is 0 Å². The van der Waals surface area contributed by atoms with Gasteiger partial charge in [-0.3, -0.25) is 4.99 Å². The molecule has 0 aromatic heterocycles. The van der Waals surface area contributed by atoms with Gasteiger partial charge in [0, 0.05) is 12.3 Å². The van der Waals surface area contributed by atoms with E-state index in [-0.39, 0.29) is 6.04 Å². The molecule has 5 atom stereocenters. The van der Waals surface area contributed by atoms with E-state index in [4.69, 9.17) is 0 Å². The Labute approximate surface area is 110 Å². The van der Waals surface area contributed by atoms with Crippen molar-refractivity contribution in [3.05, 3.63) is 0 Å². The molecule has 2 fully saturated rings. The molecular formula is C11H20N2O4S. The van der Waals surface area contributed by atoms with E-state index in [1.54, 1.807) is 0 Å². The Bertz CT molecular complexity index is 328. The van der Waals surface area contributed by atoms with Gasteiger partial charge < -0.3 is 25.3 Å². The zero-order valence-corrected chi connectivity index (χ0v) is 11.1. The number of aliphatic hydroxyl groups is 4. The smallest absolute Gasteiger partial charge is 0.161 e. The predicted octanol–water partition coefficient (Wildman–Crippen LogP) is -1.03. The number of thioether (sulfide) groups is 1. The molecule has 0 aromatic carbocycles. The molecule has 2 rings (SSSR count). The predicted molar refractivity (Wildman–Crippen MR) is 69.3 cm³/mol. The fourth-order valence-corrected chi connectivity index (χ4v) is 3.51. The van der Waals surface area contributed by atoms with Crippen LogP contribution < -0.4 is 0 Å². The second kappa shape index (κ2) is 5.75. The van der Waals surface area contributed by atoms with Crippen LogP contribution in [0.3, 0.4) is 0 Å². The Balaban J connectivity index is 2.13. The van der Waals surface area contributed by atoms with Crippen LogP contribution in [0.1, 0.15) is 19.8 Å². The number of fused-ring (bicyclic) bond motifs is 1. The largest absolute Gasteiger partial charge is 0.388 e. The van der Waals surface area contributed by atoms with E-state index < -0.39 is 24.5 Å². The lowest BCUT2D eigenvalue weighted by Gasteiger charge is -2.44. The molecule has 104 valence electrons. The van der Waals surface area contributed by atoms with Crippen molar-refractivity contribution in [3.8, 4) is 0 Å². The normalized spacial score (nSPS) is 42.4. The first kappa shape index (κ1) is 14.1. The van der Waals surface area contributed by atoms with Gasteiger partial charge in [-0.2, -0.15) is 0 Å². The molecular weight excluding hydrogens is 256 g/mol. The topological polar surface area (TPSA) is 96.5 Å². The first-order valence-electron chi connectivity index (χ1n) is 6.25. The average Bonchev–Trinajstić information content (AvgIpc) is 2.78. The van der Waals surface area contributed by atoms with Gasteiger partial charge in [-0.25, -0.2) is 0 Å². The lowest BCUT2D eigenvalue weighted by atomic mass is 9.94. The van der Waals surface area contributed by atoms with E-state index in [0.29, 0.717) is 17.5 Å². The molecule has 2 saturated heterocycles. The van der Waals surface area contributed by atoms with Gasteiger partial charge in [0.1, 0.15) is 18.3 Å². The maximum absolute atomic E-state index is 9.97. The number of hydrogen-bond acceptors (Lipinski definition) is 6. The summed E-state index contributed by atoms with van der Waals surface area (Å²) in [5, 5.41) is 39.8. The van der Waals surface area contributed by atoms with E-state index in [2.05, 4.69) is 11.9 Å². The third kappa shape index (κ3) is 2.37. The summed E-state index contributed by atoms with van der Waals surface area (Å²) in [7, 11) is 0. The first-order chi connectivity index (χ1) is 8.57. The summed E-state index contributed by atoms with van der Waals surface area (Å²) in [6.45, 7) is 2.74. The van der Waals surface area contributed by atoms with Crippen LogP contribution in [0.4, 0.5) is 0 Å². The first-order valence-corrected chi connectivity index (χ1v) is 7.24. The van der Waals surface area contributed by atoms with E-state index in [1.807, 2.05) is 0 Å². The Morgan fingerprint density at radius 3 is 2.61 bits per heavy atom. The number of amidine groups is 1. The molecule has 2 aliphatic rings. The van der Waals surface area contributed by atoms with Crippen LogP contribution in [-0.4, -0.2) is 73.4 Å². The SMILES string of the molecule is CCCCN=C1SC[C@@H]2[C@H](O)[C@H](O)[C@@H](O)[C@@H](O)N12. The van der Waals surface area contributed by atoms with Crippen molar-refractivity contribution in [2.45, 2.75) is 50.3 Å². The van der Waals surface area contributed by atoms with E-state index >= 15 is 0 Å². The van der Waals surface area contributed by atoms with Crippen molar-refractivity contribution in [3.63, 3.8) is 0 Å². The quantitative estimate of drug-likeness (QED) is 0.493. The van der Waals surface area contributed by atoms with Crippen molar-refractivity contribution in [2.75, 3.05) is 12.3 Å². The highest BCUT2D eigenvalue weighted by atomic mass is 32.2. The summed E-state index contributed by atoms with van der Waals surface area (Å²) in [6, 6.07) is -0.385. The second-order valence-electron chi connectivity index (χ2n) is 4.69. The molecule has 0 spiro atoms. The summed E-state index contributed by atoms with van der Waals surface area (Å²) < 4.78 is 0. The van der Waals surface area contributed by atoms with Crippen LogP contribution in [0.15, 0.2) is 4.99 Å². The molecule has 4 N–H and O–H groups in total. The number of aliphatic imine (C=N–C) groups is 1. The molecule has 2 heterocycles. The minimum atomic E-state index is -1.37. The van der Waals surface area contributed by atoms with Gasteiger partial charge in [0.25, 0.3) is 0 Å². The lowest BCUT2D eigenvalue weighted by Crippen LogP contribution is -2.65. The van der Waals surface area contributed by atoms with Gasteiger partial charge >= 0.3 is 0 Å². The van der Waals surface area contributed by atoms with Crippen molar-refractivity contribution >= 4 is 16.9 Å². The maximum atomic E-state index is 9.97. The van der Waals surface area contributed by atoms with Gasteiger partial charge in [0.15, 0.2) is 11.4 Å². The molecule has 0 aromatic rings. The average molecular weight is 276 g/mol. The highest BCUT2D eigenvalue weighted by molar-refractivity contribution is 8.14. The Morgan fingerprint density at radius 2 is 1.94 bits per heavy atom. The number of nitrogens with zero attached hydrogens (tertiary/aromatic N) is 2. The Kier molecular flexibility index (Phi) is 4.50. The number of hydrogen-bond donors (Lipinski definition) is 4. The molecule has 0 bridgehead atoms. The van der Waals surface area contributed by atoms with Crippen molar-refractivity contribution in [1.29, 1.82) is 0 Å². The van der Waals surface area contributed by atoms with Gasteiger partial charge in [0.2, 0.25) is 0 Å². The molecule has 0 unspecified atom stereocenters. The monoisotopic (exact) mass is 276 g/mol. The lowest BCUT2D eigenvalue weighted by molar-refractivity contribution is -0.190. The van der Waals surface area contributed by atoms with Crippen molar-refractivity contribution < 1.29 is 20.4 Å². The zero-order valence-electron chi connectivity index (χ0n) is 10.3. The van der Waals surface area contributed by atoms with E-state index in [9.17, 15) is 20.4 Å². The molecule has 6 nitrogen and oxygen atoms in total. The Hall–Kier alpha value is -0.340. The third-order valence-electron chi connectivity index (χ3n) is 3.40.